The van der Waals surface area contributed by atoms with Crippen LogP contribution in [0.3, 0.4) is 0 Å². The zero-order valence-corrected chi connectivity index (χ0v) is 13.1. The molecule has 0 saturated carbocycles. The summed E-state index contributed by atoms with van der Waals surface area (Å²) in [5.74, 6) is -0.228. The fourth-order valence-electron chi connectivity index (χ4n) is 2.61. The standard InChI is InChI=1S/C16H21O4P/c1-20-16(17)10-6-5-9-15-11-14(12-21(15,18)19)13-7-3-2-4-8-13/h2-4,7-8,11,15H,5-6,9-10,12H2,1H3,(H,18,19)/t15-/m1/s1. The molecular formula is C16H21O4P. The molecule has 1 heterocycles. The summed E-state index contributed by atoms with van der Waals surface area (Å²) in [6.07, 6.45) is 4.64. The Kier molecular flexibility index (Phi) is 5.38. The third-order valence-corrected chi connectivity index (χ3v) is 6.05. The summed E-state index contributed by atoms with van der Waals surface area (Å²) in [6.45, 7) is 0. The largest absolute Gasteiger partial charge is 0.469 e. The second kappa shape index (κ2) is 7.06. The monoisotopic (exact) mass is 308 g/mol. The van der Waals surface area contributed by atoms with Crippen LogP contribution in [0.25, 0.3) is 5.57 Å². The Bertz CT molecular complexity index is 565. The lowest BCUT2D eigenvalue weighted by molar-refractivity contribution is -0.140. The van der Waals surface area contributed by atoms with Gasteiger partial charge < -0.3 is 9.63 Å². The van der Waals surface area contributed by atoms with Crippen molar-refractivity contribution in [2.45, 2.75) is 31.3 Å². The van der Waals surface area contributed by atoms with Gasteiger partial charge >= 0.3 is 5.97 Å². The van der Waals surface area contributed by atoms with E-state index in [4.69, 9.17) is 0 Å². The topological polar surface area (TPSA) is 63.6 Å². The predicted molar refractivity (Wildman–Crippen MR) is 83.4 cm³/mol. The normalized spacial score (nSPS) is 24.7. The van der Waals surface area contributed by atoms with Gasteiger partial charge in [0.05, 0.1) is 18.9 Å². The van der Waals surface area contributed by atoms with Crippen molar-refractivity contribution in [3.05, 3.63) is 42.0 Å². The van der Waals surface area contributed by atoms with Crippen molar-refractivity contribution >= 4 is 18.9 Å². The van der Waals surface area contributed by atoms with E-state index in [-0.39, 0.29) is 17.8 Å². The van der Waals surface area contributed by atoms with Gasteiger partial charge in [0, 0.05) is 6.42 Å². The van der Waals surface area contributed by atoms with Gasteiger partial charge in [-0.15, -0.1) is 0 Å². The molecule has 2 rings (SSSR count). The van der Waals surface area contributed by atoms with Crippen LogP contribution in [-0.4, -0.2) is 29.8 Å². The quantitative estimate of drug-likeness (QED) is 0.496. The number of hydrogen-bond donors (Lipinski definition) is 1. The maximum absolute atomic E-state index is 12.3. The van der Waals surface area contributed by atoms with Crippen LogP contribution in [0, 0.1) is 0 Å². The summed E-state index contributed by atoms with van der Waals surface area (Å²) in [5.41, 5.74) is 1.69. The average molecular weight is 308 g/mol. The first kappa shape index (κ1) is 16.0. The first-order valence-corrected chi connectivity index (χ1v) is 9.09. The molecule has 1 unspecified atom stereocenters. The summed E-state index contributed by atoms with van der Waals surface area (Å²) in [4.78, 5) is 21.2. The Morgan fingerprint density at radius 2 is 2.05 bits per heavy atom. The highest BCUT2D eigenvalue weighted by Gasteiger charge is 2.36. The maximum Gasteiger partial charge on any atom is 0.305 e. The zero-order chi connectivity index (χ0) is 15.3. The number of carbonyl (C=O) groups excluding carboxylic acids is 1. The number of hydrogen-bond acceptors (Lipinski definition) is 3. The van der Waals surface area contributed by atoms with Crippen LogP contribution in [-0.2, 0) is 14.1 Å². The molecule has 0 fully saturated rings. The Morgan fingerprint density at radius 3 is 2.71 bits per heavy atom. The van der Waals surface area contributed by atoms with Crippen LogP contribution in [0.15, 0.2) is 36.4 Å². The van der Waals surface area contributed by atoms with Gasteiger partial charge in [-0.25, -0.2) is 0 Å². The number of carbonyl (C=O) groups is 1. The van der Waals surface area contributed by atoms with Gasteiger partial charge in [-0.2, -0.15) is 0 Å². The first-order valence-electron chi connectivity index (χ1n) is 7.17. The Hall–Kier alpha value is -1.38. The number of esters is 1. The number of rotatable bonds is 6. The molecule has 2 atom stereocenters. The molecule has 0 saturated heterocycles. The molecule has 1 aliphatic heterocycles. The SMILES string of the molecule is COC(=O)CCCC[C@@H]1C=C(c2ccccc2)CP1(=O)O. The van der Waals surface area contributed by atoms with Gasteiger partial charge in [-0.1, -0.05) is 42.8 Å². The van der Waals surface area contributed by atoms with Crippen LogP contribution in [0.4, 0.5) is 0 Å². The third kappa shape index (κ3) is 4.29. The number of ether oxygens (including phenoxy) is 1. The molecule has 1 aromatic carbocycles. The fraction of sp³-hybridized carbons (Fsp3) is 0.438. The molecule has 0 aromatic heterocycles. The van der Waals surface area contributed by atoms with Gasteiger partial charge in [-0.05, 0) is 24.0 Å². The zero-order valence-electron chi connectivity index (χ0n) is 12.2. The molecule has 4 nitrogen and oxygen atoms in total. The van der Waals surface area contributed by atoms with E-state index < -0.39 is 7.37 Å². The Balaban J connectivity index is 1.94. The predicted octanol–water partition coefficient (Wildman–Crippen LogP) is 3.46. The molecule has 1 N–H and O–H groups in total. The van der Waals surface area contributed by atoms with Crippen LogP contribution >= 0.6 is 7.37 Å². The Labute approximate surface area is 125 Å². The lowest BCUT2D eigenvalue weighted by Gasteiger charge is -2.13. The van der Waals surface area contributed by atoms with Gasteiger partial charge in [0.2, 0.25) is 7.37 Å². The van der Waals surface area contributed by atoms with E-state index in [0.717, 1.165) is 17.6 Å². The molecule has 0 bridgehead atoms. The molecular weight excluding hydrogens is 287 g/mol. The first-order chi connectivity index (χ1) is 10.0. The number of allylic oxidation sites excluding steroid dienone is 2. The van der Waals surface area contributed by atoms with Crippen LogP contribution in [0.5, 0.6) is 0 Å². The lowest BCUT2D eigenvalue weighted by atomic mass is 10.0. The molecule has 21 heavy (non-hydrogen) atoms. The number of benzene rings is 1. The van der Waals surface area contributed by atoms with E-state index in [1.807, 2.05) is 36.4 Å². The summed E-state index contributed by atoms with van der Waals surface area (Å²) in [7, 11) is -1.78. The fourth-order valence-corrected chi connectivity index (χ4v) is 4.62. The highest BCUT2D eigenvalue weighted by Crippen LogP contribution is 2.57. The minimum absolute atomic E-state index is 0.228. The van der Waals surface area contributed by atoms with Gasteiger partial charge in [0.25, 0.3) is 0 Å². The van der Waals surface area contributed by atoms with E-state index in [2.05, 4.69) is 4.74 Å². The smallest absolute Gasteiger partial charge is 0.305 e. The second-order valence-electron chi connectivity index (χ2n) is 5.36. The Morgan fingerprint density at radius 1 is 1.33 bits per heavy atom. The maximum atomic E-state index is 12.3. The van der Waals surface area contributed by atoms with Crippen LogP contribution in [0.2, 0.25) is 0 Å². The second-order valence-corrected chi connectivity index (χ2v) is 7.85. The molecule has 114 valence electrons. The lowest BCUT2D eigenvalue weighted by Crippen LogP contribution is -2.04. The van der Waals surface area contributed by atoms with Crippen molar-refractivity contribution in [1.29, 1.82) is 0 Å². The van der Waals surface area contributed by atoms with E-state index in [1.165, 1.54) is 7.11 Å². The molecule has 5 heteroatoms. The van der Waals surface area contributed by atoms with E-state index in [1.54, 1.807) is 0 Å². The van der Waals surface area contributed by atoms with Crippen molar-refractivity contribution < 1.29 is 19.0 Å². The van der Waals surface area contributed by atoms with E-state index >= 15 is 0 Å². The van der Waals surface area contributed by atoms with Crippen molar-refractivity contribution in [3.8, 4) is 0 Å². The minimum Gasteiger partial charge on any atom is -0.469 e. The van der Waals surface area contributed by atoms with E-state index in [0.29, 0.717) is 19.3 Å². The van der Waals surface area contributed by atoms with Crippen molar-refractivity contribution in [3.63, 3.8) is 0 Å². The van der Waals surface area contributed by atoms with Gasteiger partial charge in [0.1, 0.15) is 0 Å². The van der Waals surface area contributed by atoms with Crippen LogP contribution in [0.1, 0.15) is 31.2 Å². The summed E-state index contributed by atoms with van der Waals surface area (Å²) >= 11 is 0. The summed E-state index contributed by atoms with van der Waals surface area (Å²) in [5, 5.41) is 0. The van der Waals surface area contributed by atoms with Crippen molar-refractivity contribution in [2.24, 2.45) is 0 Å². The van der Waals surface area contributed by atoms with Crippen molar-refractivity contribution in [1.82, 2.24) is 0 Å². The highest BCUT2D eigenvalue weighted by molar-refractivity contribution is 7.60. The van der Waals surface area contributed by atoms with Gasteiger partial charge in [-0.3, -0.25) is 9.36 Å². The van der Waals surface area contributed by atoms with Gasteiger partial charge in [0.15, 0.2) is 0 Å². The average Bonchev–Trinajstić information content (AvgIpc) is 2.79. The number of unbranched alkanes of at least 4 members (excludes halogenated alkanes) is 1. The molecule has 1 aliphatic rings. The molecule has 0 amide bonds. The molecule has 1 aromatic rings. The van der Waals surface area contributed by atoms with E-state index in [9.17, 15) is 14.3 Å². The summed E-state index contributed by atoms with van der Waals surface area (Å²) < 4.78 is 16.9. The number of methoxy groups -OCH3 is 1. The van der Waals surface area contributed by atoms with Crippen molar-refractivity contribution in [2.75, 3.05) is 13.3 Å². The molecule has 0 radical (unpaired) electrons. The third-order valence-electron chi connectivity index (χ3n) is 3.81. The minimum atomic E-state index is -3.15. The van der Waals surface area contributed by atoms with Crippen LogP contribution < -0.4 is 0 Å². The molecule has 0 aliphatic carbocycles. The highest BCUT2D eigenvalue weighted by atomic mass is 31.2. The molecule has 0 spiro atoms. The summed E-state index contributed by atoms with van der Waals surface area (Å²) in [6, 6.07) is 9.73.